The van der Waals surface area contributed by atoms with E-state index in [4.69, 9.17) is 4.74 Å². The number of halogens is 1. The maximum atomic E-state index is 14.1. The molecule has 0 spiro atoms. The quantitative estimate of drug-likeness (QED) is 0.541. The van der Waals surface area contributed by atoms with Gasteiger partial charge in [0.1, 0.15) is 23.1 Å². The first-order chi connectivity index (χ1) is 14.6. The first-order valence-corrected chi connectivity index (χ1v) is 9.76. The van der Waals surface area contributed by atoms with E-state index in [0.717, 1.165) is 16.9 Å². The predicted molar refractivity (Wildman–Crippen MR) is 117 cm³/mol. The highest BCUT2D eigenvalue weighted by Gasteiger charge is 2.32. The van der Waals surface area contributed by atoms with Crippen LogP contribution in [0.25, 0.3) is 6.08 Å². The summed E-state index contributed by atoms with van der Waals surface area (Å²) in [6.07, 6.45) is 1.49. The Morgan fingerprint density at radius 3 is 2.50 bits per heavy atom. The fraction of sp³-hybridized carbons (Fsp3) is 0.120. The van der Waals surface area contributed by atoms with Crippen LogP contribution < -0.4 is 9.64 Å². The van der Waals surface area contributed by atoms with E-state index in [1.54, 1.807) is 23.1 Å². The van der Waals surface area contributed by atoms with E-state index >= 15 is 0 Å². The number of amides is 1. The van der Waals surface area contributed by atoms with Crippen molar-refractivity contribution in [1.82, 2.24) is 0 Å². The van der Waals surface area contributed by atoms with E-state index < -0.39 is 5.82 Å². The monoisotopic (exact) mass is 400 g/mol. The van der Waals surface area contributed by atoms with Crippen LogP contribution in [0, 0.1) is 12.7 Å². The van der Waals surface area contributed by atoms with Gasteiger partial charge in [0.2, 0.25) is 0 Å². The van der Waals surface area contributed by atoms with Crippen LogP contribution in [0.3, 0.4) is 0 Å². The molecule has 0 unspecified atom stereocenters. The van der Waals surface area contributed by atoms with Crippen molar-refractivity contribution in [1.29, 1.82) is 0 Å². The third kappa shape index (κ3) is 3.87. The SMILES string of the molecule is CCOc1ccc(N2C(=O)/C(=C\c3ccccc3F)N=C2c2cccc(C)c2)cc1. The molecule has 3 aromatic carbocycles. The zero-order chi connectivity index (χ0) is 21.1. The summed E-state index contributed by atoms with van der Waals surface area (Å²) in [6, 6.07) is 21.4. The van der Waals surface area contributed by atoms with Crippen molar-refractivity contribution in [2.45, 2.75) is 13.8 Å². The highest BCUT2D eigenvalue weighted by atomic mass is 19.1. The van der Waals surface area contributed by atoms with Crippen LogP contribution in [-0.2, 0) is 4.79 Å². The number of nitrogens with zero attached hydrogens (tertiary/aromatic N) is 2. The normalized spacial score (nSPS) is 14.9. The van der Waals surface area contributed by atoms with Crippen LogP contribution in [0.4, 0.5) is 10.1 Å². The van der Waals surface area contributed by atoms with E-state index in [1.165, 1.54) is 12.1 Å². The first kappa shape index (κ1) is 19.6. The number of rotatable bonds is 5. The molecule has 5 heteroatoms. The summed E-state index contributed by atoms with van der Waals surface area (Å²) in [5.41, 5.74) is 3.04. The lowest BCUT2D eigenvalue weighted by molar-refractivity contribution is -0.113. The molecule has 0 aromatic heterocycles. The second-order valence-corrected chi connectivity index (χ2v) is 6.92. The average Bonchev–Trinajstić information content (AvgIpc) is 3.07. The molecular weight excluding hydrogens is 379 g/mol. The molecule has 0 bridgehead atoms. The third-order valence-electron chi connectivity index (χ3n) is 4.74. The highest BCUT2D eigenvalue weighted by molar-refractivity contribution is 6.33. The molecule has 0 radical (unpaired) electrons. The number of ether oxygens (including phenoxy) is 1. The lowest BCUT2D eigenvalue weighted by Crippen LogP contribution is -2.32. The summed E-state index contributed by atoms with van der Waals surface area (Å²) >= 11 is 0. The third-order valence-corrected chi connectivity index (χ3v) is 4.74. The van der Waals surface area contributed by atoms with E-state index in [0.29, 0.717) is 23.7 Å². The number of anilines is 1. The minimum Gasteiger partial charge on any atom is -0.494 e. The Morgan fingerprint density at radius 1 is 1.03 bits per heavy atom. The number of amidine groups is 1. The van der Waals surface area contributed by atoms with Gasteiger partial charge in [0, 0.05) is 11.1 Å². The summed E-state index contributed by atoms with van der Waals surface area (Å²) < 4.78 is 19.7. The summed E-state index contributed by atoms with van der Waals surface area (Å²) in [7, 11) is 0. The van der Waals surface area contributed by atoms with Gasteiger partial charge in [-0.15, -0.1) is 0 Å². The van der Waals surface area contributed by atoms with Gasteiger partial charge in [-0.2, -0.15) is 0 Å². The highest BCUT2D eigenvalue weighted by Crippen LogP contribution is 2.29. The summed E-state index contributed by atoms with van der Waals surface area (Å²) in [5.74, 6) is 0.531. The van der Waals surface area contributed by atoms with Crippen molar-refractivity contribution < 1.29 is 13.9 Å². The van der Waals surface area contributed by atoms with Crippen molar-refractivity contribution in [3.05, 3.63) is 101 Å². The molecule has 1 amide bonds. The molecule has 0 saturated heterocycles. The molecule has 30 heavy (non-hydrogen) atoms. The number of hydrogen-bond acceptors (Lipinski definition) is 3. The van der Waals surface area contributed by atoms with E-state index in [1.807, 2.05) is 62.4 Å². The molecule has 4 rings (SSSR count). The zero-order valence-electron chi connectivity index (χ0n) is 16.8. The number of carbonyl (C=O) groups is 1. The second kappa shape index (κ2) is 8.33. The van der Waals surface area contributed by atoms with Crippen molar-refractivity contribution >= 4 is 23.5 Å². The fourth-order valence-electron chi connectivity index (χ4n) is 3.33. The predicted octanol–water partition coefficient (Wildman–Crippen LogP) is 5.37. The van der Waals surface area contributed by atoms with Crippen LogP contribution in [0.5, 0.6) is 5.75 Å². The van der Waals surface area contributed by atoms with E-state index in [-0.39, 0.29) is 11.6 Å². The van der Waals surface area contributed by atoms with Gasteiger partial charge < -0.3 is 4.74 Å². The van der Waals surface area contributed by atoms with Crippen LogP contribution >= 0.6 is 0 Å². The molecule has 3 aromatic rings. The number of aliphatic imine (C=N–C) groups is 1. The Balaban J connectivity index is 1.80. The van der Waals surface area contributed by atoms with Gasteiger partial charge in [0.15, 0.2) is 0 Å². The first-order valence-electron chi connectivity index (χ1n) is 9.76. The second-order valence-electron chi connectivity index (χ2n) is 6.92. The Bertz CT molecular complexity index is 1150. The number of benzene rings is 3. The maximum absolute atomic E-state index is 14.1. The van der Waals surface area contributed by atoms with Crippen molar-refractivity contribution in [3.63, 3.8) is 0 Å². The topological polar surface area (TPSA) is 41.9 Å². The molecular formula is C25H21FN2O2. The van der Waals surface area contributed by atoms with Gasteiger partial charge in [-0.3, -0.25) is 9.69 Å². The lowest BCUT2D eigenvalue weighted by Gasteiger charge is -2.19. The molecule has 1 aliphatic heterocycles. The van der Waals surface area contributed by atoms with Gasteiger partial charge in [-0.05, 0) is 56.3 Å². The number of carbonyl (C=O) groups excluding carboxylic acids is 1. The molecule has 1 aliphatic rings. The van der Waals surface area contributed by atoms with Gasteiger partial charge in [0.25, 0.3) is 5.91 Å². The van der Waals surface area contributed by atoms with Crippen LogP contribution in [0.15, 0.2) is 83.5 Å². The minimum absolute atomic E-state index is 0.186. The fourth-order valence-corrected chi connectivity index (χ4v) is 3.33. The van der Waals surface area contributed by atoms with Crippen molar-refractivity contribution in [3.8, 4) is 5.75 Å². The molecule has 1 heterocycles. The largest absolute Gasteiger partial charge is 0.494 e. The van der Waals surface area contributed by atoms with Crippen LogP contribution in [-0.4, -0.2) is 18.3 Å². The molecule has 0 fully saturated rings. The Kier molecular flexibility index (Phi) is 5.44. The zero-order valence-corrected chi connectivity index (χ0v) is 16.8. The van der Waals surface area contributed by atoms with Crippen LogP contribution in [0.1, 0.15) is 23.6 Å². The summed E-state index contributed by atoms with van der Waals surface area (Å²) in [6.45, 7) is 4.46. The van der Waals surface area contributed by atoms with E-state index in [9.17, 15) is 9.18 Å². The Labute approximate surface area is 175 Å². The van der Waals surface area contributed by atoms with E-state index in [2.05, 4.69) is 4.99 Å². The van der Waals surface area contributed by atoms with Gasteiger partial charge in [0.05, 0.1) is 12.3 Å². The molecule has 0 aliphatic carbocycles. The number of hydrogen-bond donors (Lipinski definition) is 0. The Hall–Kier alpha value is -3.73. The van der Waals surface area contributed by atoms with Crippen LogP contribution in [0.2, 0.25) is 0 Å². The molecule has 150 valence electrons. The number of aryl methyl sites for hydroxylation is 1. The van der Waals surface area contributed by atoms with Gasteiger partial charge >= 0.3 is 0 Å². The van der Waals surface area contributed by atoms with Crippen molar-refractivity contribution in [2.75, 3.05) is 11.5 Å². The molecule has 0 N–H and O–H groups in total. The average molecular weight is 400 g/mol. The van der Waals surface area contributed by atoms with Gasteiger partial charge in [-0.1, -0.05) is 42.0 Å². The smallest absolute Gasteiger partial charge is 0.282 e. The standard InChI is InChI=1S/C25H21FN2O2/c1-3-30-21-13-11-20(12-14-21)28-24(19-9-6-7-17(2)15-19)27-23(25(28)29)16-18-8-4-5-10-22(18)26/h4-16H,3H2,1-2H3/b23-16+. The summed E-state index contributed by atoms with van der Waals surface area (Å²) in [5, 5.41) is 0. The molecule has 0 atom stereocenters. The molecule has 0 saturated carbocycles. The minimum atomic E-state index is -0.398. The van der Waals surface area contributed by atoms with Gasteiger partial charge in [-0.25, -0.2) is 9.38 Å². The lowest BCUT2D eigenvalue weighted by atomic mass is 10.1. The summed E-state index contributed by atoms with van der Waals surface area (Å²) in [4.78, 5) is 19.4. The molecule has 4 nitrogen and oxygen atoms in total. The Morgan fingerprint density at radius 2 is 1.80 bits per heavy atom. The van der Waals surface area contributed by atoms with Crippen molar-refractivity contribution in [2.24, 2.45) is 4.99 Å². The maximum Gasteiger partial charge on any atom is 0.282 e.